The average Bonchev–Trinajstić information content (AvgIpc) is 2.63. The largest absolute Gasteiger partial charge is 0.497 e. The van der Waals surface area contributed by atoms with Gasteiger partial charge in [0.05, 0.1) is 19.1 Å². The fraction of sp³-hybridized carbons (Fsp3) is 0.222. The second-order valence-corrected chi connectivity index (χ2v) is 6.49. The number of benzene rings is 2. The lowest BCUT2D eigenvalue weighted by atomic mass is 10.2. The number of nitrogens with one attached hydrogen (secondary N) is 3. The predicted molar refractivity (Wildman–Crippen MR) is 105 cm³/mol. The molecule has 0 saturated carbocycles. The quantitative estimate of drug-likeness (QED) is 0.451. The fourth-order valence-electron chi connectivity index (χ4n) is 2.45. The SMILES string of the molecule is COc1ccc(NC(=O)C[NH+](C)CC(=O)Nc2ccc(Cl)cc2[N+](=O)[O-])cc1. The van der Waals surface area contributed by atoms with Gasteiger partial charge in [0.2, 0.25) is 0 Å². The minimum absolute atomic E-state index is 0.0438. The lowest BCUT2D eigenvalue weighted by molar-refractivity contribution is -0.862. The van der Waals surface area contributed by atoms with Crippen molar-refractivity contribution in [3.8, 4) is 5.75 Å². The highest BCUT2D eigenvalue weighted by atomic mass is 35.5. The zero-order chi connectivity index (χ0) is 20.7. The highest BCUT2D eigenvalue weighted by molar-refractivity contribution is 6.31. The van der Waals surface area contributed by atoms with Crippen LogP contribution < -0.4 is 20.3 Å². The number of halogens is 1. The molecule has 1 atom stereocenters. The van der Waals surface area contributed by atoms with E-state index in [1.54, 1.807) is 38.4 Å². The van der Waals surface area contributed by atoms with Crippen LogP contribution in [0.3, 0.4) is 0 Å². The van der Waals surface area contributed by atoms with Crippen molar-refractivity contribution in [2.75, 3.05) is 37.9 Å². The van der Waals surface area contributed by atoms with E-state index in [1.165, 1.54) is 12.1 Å². The predicted octanol–water partition coefficient (Wildman–Crippen LogP) is 1.35. The van der Waals surface area contributed by atoms with Crippen LogP contribution in [0.5, 0.6) is 5.75 Å². The number of hydrogen-bond acceptors (Lipinski definition) is 5. The van der Waals surface area contributed by atoms with E-state index < -0.39 is 10.8 Å². The molecule has 3 N–H and O–H groups in total. The number of nitro groups is 1. The maximum Gasteiger partial charge on any atom is 0.294 e. The molecular formula is C18H20ClN4O5+. The maximum atomic E-state index is 12.2. The number of amides is 2. The molecule has 0 radical (unpaired) electrons. The highest BCUT2D eigenvalue weighted by Gasteiger charge is 2.19. The number of quaternary nitrogens is 1. The molecule has 28 heavy (non-hydrogen) atoms. The van der Waals surface area contributed by atoms with Crippen molar-refractivity contribution >= 4 is 40.5 Å². The Bertz CT molecular complexity index is 873. The number of hydrogen-bond donors (Lipinski definition) is 3. The first-order valence-corrected chi connectivity index (χ1v) is 8.65. The van der Waals surface area contributed by atoms with Crippen molar-refractivity contribution in [2.45, 2.75) is 0 Å². The summed E-state index contributed by atoms with van der Waals surface area (Å²) in [5.74, 6) is -0.0539. The molecular weight excluding hydrogens is 388 g/mol. The van der Waals surface area contributed by atoms with E-state index in [0.29, 0.717) is 16.3 Å². The number of nitrogens with zero attached hydrogens (tertiary/aromatic N) is 1. The Morgan fingerprint density at radius 1 is 1.11 bits per heavy atom. The number of rotatable bonds is 8. The Balaban J connectivity index is 1.88. The molecule has 2 rings (SSSR count). The lowest BCUT2D eigenvalue weighted by Gasteiger charge is -2.14. The average molecular weight is 408 g/mol. The van der Waals surface area contributed by atoms with E-state index >= 15 is 0 Å². The minimum Gasteiger partial charge on any atom is -0.497 e. The van der Waals surface area contributed by atoms with Crippen LogP contribution in [0.4, 0.5) is 17.1 Å². The van der Waals surface area contributed by atoms with Gasteiger partial charge in [0.15, 0.2) is 13.1 Å². The number of carbonyl (C=O) groups excluding carboxylic acids is 2. The van der Waals surface area contributed by atoms with Gasteiger partial charge in [-0.1, -0.05) is 11.6 Å². The molecule has 9 nitrogen and oxygen atoms in total. The molecule has 0 saturated heterocycles. The Labute approximate surface area is 166 Å². The Hall–Kier alpha value is -3.17. The summed E-state index contributed by atoms with van der Waals surface area (Å²) in [5.41, 5.74) is 0.366. The summed E-state index contributed by atoms with van der Waals surface area (Å²) < 4.78 is 5.05. The molecule has 0 bridgehead atoms. The molecule has 0 spiro atoms. The molecule has 2 aromatic rings. The van der Waals surface area contributed by atoms with Gasteiger partial charge in [-0.25, -0.2) is 0 Å². The molecule has 0 heterocycles. The topological polar surface area (TPSA) is 115 Å². The summed E-state index contributed by atoms with van der Waals surface area (Å²) in [6, 6.07) is 10.8. The van der Waals surface area contributed by atoms with Crippen LogP contribution in [-0.2, 0) is 9.59 Å². The molecule has 0 aliphatic rings. The van der Waals surface area contributed by atoms with Crippen LogP contribution in [0.25, 0.3) is 0 Å². The van der Waals surface area contributed by atoms with E-state index in [-0.39, 0.29) is 35.4 Å². The standard InChI is InChI=1S/C18H19ClN4O5/c1-22(10-17(24)20-13-4-6-14(28-2)7-5-13)11-18(25)21-15-8-3-12(19)9-16(15)23(26)27/h3-9H,10-11H2,1-2H3,(H,20,24)(H,21,25)/p+1. The van der Waals surface area contributed by atoms with Crippen molar-refractivity contribution in [3.63, 3.8) is 0 Å². The molecule has 0 aliphatic heterocycles. The second-order valence-electron chi connectivity index (χ2n) is 6.05. The van der Waals surface area contributed by atoms with Crippen molar-refractivity contribution in [1.29, 1.82) is 0 Å². The van der Waals surface area contributed by atoms with Gasteiger partial charge in [-0.15, -0.1) is 0 Å². The molecule has 10 heteroatoms. The van der Waals surface area contributed by atoms with Gasteiger partial charge in [0.25, 0.3) is 17.5 Å². The van der Waals surface area contributed by atoms with Gasteiger partial charge in [-0.05, 0) is 36.4 Å². The Kier molecular flexibility index (Phi) is 7.30. The van der Waals surface area contributed by atoms with Crippen LogP contribution in [-0.4, -0.2) is 44.0 Å². The smallest absolute Gasteiger partial charge is 0.294 e. The van der Waals surface area contributed by atoms with E-state index in [2.05, 4.69) is 10.6 Å². The van der Waals surface area contributed by atoms with Gasteiger partial charge < -0.3 is 20.3 Å². The number of methoxy groups -OCH3 is 1. The molecule has 2 aromatic carbocycles. The summed E-state index contributed by atoms with van der Waals surface area (Å²) in [4.78, 5) is 35.3. The Morgan fingerprint density at radius 2 is 1.71 bits per heavy atom. The van der Waals surface area contributed by atoms with Crippen LogP contribution in [0.2, 0.25) is 5.02 Å². The molecule has 0 aromatic heterocycles. The maximum absolute atomic E-state index is 12.2. The highest BCUT2D eigenvalue weighted by Crippen LogP contribution is 2.27. The van der Waals surface area contributed by atoms with E-state index in [4.69, 9.17) is 16.3 Å². The third-order valence-electron chi connectivity index (χ3n) is 3.73. The molecule has 0 aliphatic carbocycles. The third kappa shape index (κ3) is 6.22. The van der Waals surface area contributed by atoms with Gasteiger partial charge >= 0.3 is 0 Å². The van der Waals surface area contributed by atoms with E-state index in [0.717, 1.165) is 6.07 Å². The number of anilines is 2. The van der Waals surface area contributed by atoms with Gasteiger partial charge in [-0.2, -0.15) is 0 Å². The van der Waals surface area contributed by atoms with Gasteiger partial charge in [0, 0.05) is 16.8 Å². The summed E-state index contributed by atoms with van der Waals surface area (Å²) in [6.45, 7) is -0.00201. The second kappa shape index (κ2) is 9.67. The molecule has 148 valence electrons. The van der Waals surface area contributed by atoms with Crippen molar-refractivity contribution in [2.24, 2.45) is 0 Å². The number of carbonyl (C=O) groups is 2. The first-order chi connectivity index (χ1) is 13.3. The summed E-state index contributed by atoms with van der Waals surface area (Å²) in [5, 5.41) is 16.5. The first-order valence-electron chi connectivity index (χ1n) is 8.27. The molecule has 0 fully saturated rings. The molecule has 1 unspecified atom stereocenters. The van der Waals surface area contributed by atoms with Crippen LogP contribution in [0.1, 0.15) is 0 Å². The summed E-state index contributed by atoms with van der Waals surface area (Å²) in [7, 11) is 3.22. The van der Waals surface area contributed by atoms with E-state index in [9.17, 15) is 19.7 Å². The van der Waals surface area contributed by atoms with Crippen molar-refractivity contribution in [1.82, 2.24) is 0 Å². The number of ether oxygens (including phenoxy) is 1. The van der Waals surface area contributed by atoms with Gasteiger partial charge in [-0.3, -0.25) is 19.7 Å². The normalized spacial score (nSPS) is 11.4. The third-order valence-corrected chi connectivity index (χ3v) is 3.96. The van der Waals surface area contributed by atoms with Crippen LogP contribution >= 0.6 is 11.6 Å². The first kappa shape index (κ1) is 21.1. The van der Waals surface area contributed by atoms with Gasteiger partial charge in [0.1, 0.15) is 11.4 Å². The number of nitro benzene ring substituents is 1. The lowest BCUT2D eigenvalue weighted by Crippen LogP contribution is -3.11. The van der Waals surface area contributed by atoms with Crippen LogP contribution in [0, 0.1) is 10.1 Å². The van der Waals surface area contributed by atoms with Crippen molar-refractivity contribution < 1.29 is 24.1 Å². The monoisotopic (exact) mass is 407 g/mol. The molecule has 2 amide bonds. The zero-order valence-corrected chi connectivity index (χ0v) is 16.1. The minimum atomic E-state index is -0.625. The van der Waals surface area contributed by atoms with E-state index in [1.807, 2.05) is 0 Å². The van der Waals surface area contributed by atoms with Crippen molar-refractivity contribution in [3.05, 3.63) is 57.6 Å². The van der Waals surface area contributed by atoms with Crippen LogP contribution in [0.15, 0.2) is 42.5 Å². The zero-order valence-electron chi connectivity index (χ0n) is 15.3. The number of likely N-dealkylation sites (N-methyl/N-ethyl adjacent to an activating group) is 1. The summed E-state index contributed by atoms with van der Waals surface area (Å²) in [6.07, 6.45) is 0. The summed E-state index contributed by atoms with van der Waals surface area (Å²) >= 11 is 5.75. The fourth-order valence-corrected chi connectivity index (χ4v) is 2.61. The Morgan fingerprint density at radius 3 is 2.29 bits per heavy atom.